The fraction of sp³-hybridized carbons (Fsp3) is 0.769. The van der Waals surface area contributed by atoms with Gasteiger partial charge in [-0.15, -0.1) is 5.92 Å². The first kappa shape index (κ1) is 14.0. The second kappa shape index (κ2) is 11.1. The number of hydrogen-bond acceptors (Lipinski definition) is 2. The Morgan fingerprint density at radius 2 is 1.80 bits per heavy atom. The van der Waals surface area contributed by atoms with Crippen molar-refractivity contribution >= 4 is 5.97 Å². The number of esters is 1. The summed E-state index contributed by atoms with van der Waals surface area (Å²) in [7, 11) is 0. The standard InChI is InChI=1S/C13H22O2/c1-3-5-7-8-10-12-15-13(14)11-9-6-4-2/h3-6,9-12H2,1-2H3. The third kappa shape index (κ3) is 11.0. The van der Waals surface area contributed by atoms with E-state index in [1.807, 2.05) is 0 Å². The van der Waals surface area contributed by atoms with Crippen molar-refractivity contribution in [1.29, 1.82) is 0 Å². The molecule has 0 heterocycles. The van der Waals surface area contributed by atoms with E-state index in [1.165, 1.54) is 0 Å². The van der Waals surface area contributed by atoms with Crippen LogP contribution in [-0.2, 0) is 9.53 Å². The lowest BCUT2D eigenvalue weighted by molar-refractivity contribution is -0.143. The highest BCUT2D eigenvalue weighted by atomic mass is 16.5. The van der Waals surface area contributed by atoms with Gasteiger partial charge in [0.2, 0.25) is 0 Å². The molecule has 2 heteroatoms. The quantitative estimate of drug-likeness (QED) is 0.366. The molecule has 0 aromatic rings. The average molecular weight is 210 g/mol. The van der Waals surface area contributed by atoms with E-state index in [9.17, 15) is 4.79 Å². The molecule has 0 N–H and O–H groups in total. The minimum absolute atomic E-state index is 0.0826. The SMILES string of the molecule is CCCC#CCCOC(=O)CCCCC. The summed E-state index contributed by atoms with van der Waals surface area (Å²) in [6, 6.07) is 0. The molecule has 0 amide bonds. The largest absolute Gasteiger partial charge is 0.465 e. The second-order valence-electron chi connectivity index (χ2n) is 3.53. The van der Waals surface area contributed by atoms with E-state index in [0.29, 0.717) is 19.4 Å². The zero-order valence-corrected chi connectivity index (χ0v) is 9.97. The summed E-state index contributed by atoms with van der Waals surface area (Å²) in [4.78, 5) is 11.1. The topological polar surface area (TPSA) is 26.3 Å². The molecule has 0 aromatic heterocycles. The van der Waals surface area contributed by atoms with Gasteiger partial charge in [0.05, 0.1) is 0 Å². The van der Waals surface area contributed by atoms with Gasteiger partial charge in [0.25, 0.3) is 0 Å². The molecule has 0 bridgehead atoms. The minimum Gasteiger partial charge on any atom is -0.465 e. The molecular formula is C13H22O2. The summed E-state index contributed by atoms with van der Waals surface area (Å²) in [5, 5.41) is 0. The summed E-state index contributed by atoms with van der Waals surface area (Å²) in [5.41, 5.74) is 0. The summed E-state index contributed by atoms with van der Waals surface area (Å²) >= 11 is 0. The fourth-order valence-electron chi connectivity index (χ4n) is 1.11. The first-order chi connectivity index (χ1) is 7.31. The van der Waals surface area contributed by atoms with E-state index in [0.717, 1.165) is 32.1 Å². The first-order valence-electron chi connectivity index (χ1n) is 5.92. The zero-order valence-electron chi connectivity index (χ0n) is 9.97. The van der Waals surface area contributed by atoms with Gasteiger partial charge in [-0.3, -0.25) is 4.79 Å². The number of carbonyl (C=O) groups excluding carboxylic acids is 1. The molecule has 0 aliphatic rings. The maximum Gasteiger partial charge on any atom is 0.305 e. The number of ether oxygens (including phenoxy) is 1. The Bertz CT molecular complexity index is 210. The van der Waals surface area contributed by atoms with Crippen LogP contribution < -0.4 is 0 Å². The number of carbonyl (C=O) groups is 1. The summed E-state index contributed by atoms with van der Waals surface area (Å²) in [6.07, 6.45) is 6.42. The third-order valence-corrected chi connectivity index (χ3v) is 1.97. The van der Waals surface area contributed by atoms with Gasteiger partial charge in [0.15, 0.2) is 0 Å². The first-order valence-corrected chi connectivity index (χ1v) is 5.92. The molecule has 0 saturated carbocycles. The van der Waals surface area contributed by atoms with Crippen molar-refractivity contribution in [3.63, 3.8) is 0 Å². The summed E-state index contributed by atoms with van der Waals surface area (Å²) < 4.78 is 5.03. The van der Waals surface area contributed by atoms with Crippen molar-refractivity contribution < 1.29 is 9.53 Å². The minimum atomic E-state index is -0.0826. The highest BCUT2D eigenvalue weighted by Crippen LogP contribution is 2.00. The molecule has 0 aliphatic heterocycles. The van der Waals surface area contributed by atoms with Gasteiger partial charge in [0.1, 0.15) is 6.61 Å². The molecule has 2 nitrogen and oxygen atoms in total. The van der Waals surface area contributed by atoms with Crippen molar-refractivity contribution in [2.24, 2.45) is 0 Å². The monoisotopic (exact) mass is 210 g/mol. The molecule has 0 fully saturated rings. The summed E-state index contributed by atoms with van der Waals surface area (Å²) in [6.45, 7) is 4.67. The van der Waals surface area contributed by atoms with Crippen LogP contribution in [-0.4, -0.2) is 12.6 Å². The van der Waals surface area contributed by atoms with Crippen LogP contribution in [0.3, 0.4) is 0 Å². The van der Waals surface area contributed by atoms with Crippen LogP contribution in [0.2, 0.25) is 0 Å². The van der Waals surface area contributed by atoms with Crippen molar-refractivity contribution in [3.05, 3.63) is 0 Å². The lowest BCUT2D eigenvalue weighted by atomic mass is 10.2. The van der Waals surface area contributed by atoms with E-state index in [4.69, 9.17) is 4.74 Å². The van der Waals surface area contributed by atoms with Crippen LogP contribution in [0.1, 0.15) is 58.8 Å². The van der Waals surface area contributed by atoms with Gasteiger partial charge < -0.3 is 4.74 Å². The molecule has 0 radical (unpaired) electrons. The molecule has 0 rings (SSSR count). The fourth-order valence-corrected chi connectivity index (χ4v) is 1.11. The Labute approximate surface area is 93.4 Å². The Kier molecular flexibility index (Phi) is 10.4. The molecule has 0 spiro atoms. The molecule has 0 aliphatic carbocycles. The normalized spacial score (nSPS) is 9.20. The zero-order chi connectivity index (χ0) is 11.4. The smallest absolute Gasteiger partial charge is 0.305 e. The third-order valence-electron chi connectivity index (χ3n) is 1.97. The average Bonchev–Trinajstić information content (AvgIpc) is 2.23. The van der Waals surface area contributed by atoms with Gasteiger partial charge in [-0.2, -0.15) is 0 Å². The number of unbranched alkanes of at least 4 members (excludes halogenated alkanes) is 3. The second-order valence-corrected chi connectivity index (χ2v) is 3.53. The Morgan fingerprint density at radius 1 is 1.07 bits per heavy atom. The van der Waals surface area contributed by atoms with Crippen LogP contribution in [0.15, 0.2) is 0 Å². The van der Waals surface area contributed by atoms with Gasteiger partial charge in [-0.05, 0) is 12.8 Å². The van der Waals surface area contributed by atoms with Crippen molar-refractivity contribution in [2.45, 2.75) is 58.8 Å². The van der Waals surface area contributed by atoms with Crippen LogP contribution in [0, 0.1) is 11.8 Å². The van der Waals surface area contributed by atoms with Crippen molar-refractivity contribution in [1.82, 2.24) is 0 Å². The molecule has 0 atom stereocenters. The maximum absolute atomic E-state index is 11.1. The highest BCUT2D eigenvalue weighted by molar-refractivity contribution is 5.69. The Balaban J connectivity index is 3.28. The molecule has 15 heavy (non-hydrogen) atoms. The van der Waals surface area contributed by atoms with E-state index >= 15 is 0 Å². The van der Waals surface area contributed by atoms with Crippen LogP contribution >= 0.6 is 0 Å². The van der Waals surface area contributed by atoms with E-state index < -0.39 is 0 Å². The van der Waals surface area contributed by atoms with Crippen LogP contribution in [0.25, 0.3) is 0 Å². The molecular weight excluding hydrogens is 188 g/mol. The summed E-state index contributed by atoms with van der Waals surface area (Å²) in [5.74, 6) is 5.92. The van der Waals surface area contributed by atoms with Crippen molar-refractivity contribution in [3.8, 4) is 11.8 Å². The predicted octanol–water partition coefficient (Wildman–Crippen LogP) is 3.30. The van der Waals surface area contributed by atoms with Gasteiger partial charge >= 0.3 is 5.97 Å². The molecule has 0 aromatic carbocycles. The maximum atomic E-state index is 11.1. The van der Waals surface area contributed by atoms with Gasteiger partial charge in [-0.25, -0.2) is 0 Å². The lowest BCUT2D eigenvalue weighted by Gasteiger charge is -2.01. The molecule has 86 valence electrons. The Hall–Kier alpha value is -0.970. The number of rotatable bonds is 7. The van der Waals surface area contributed by atoms with Crippen molar-refractivity contribution in [2.75, 3.05) is 6.61 Å². The van der Waals surface area contributed by atoms with E-state index in [2.05, 4.69) is 25.7 Å². The van der Waals surface area contributed by atoms with Crippen LogP contribution in [0.5, 0.6) is 0 Å². The Morgan fingerprint density at radius 3 is 2.47 bits per heavy atom. The number of hydrogen-bond donors (Lipinski definition) is 0. The molecule has 0 saturated heterocycles. The van der Waals surface area contributed by atoms with Gasteiger partial charge in [0, 0.05) is 19.3 Å². The van der Waals surface area contributed by atoms with Crippen LogP contribution in [0.4, 0.5) is 0 Å². The lowest BCUT2D eigenvalue weighted by Crippen LogP contribution is -2.04. The molecule has 0 unspecified atom stereocenters. The highest BCUT2D eigenvalue weighted by Gasteiger charge is 2.00. The van der Waals surface area contributed by atoms with Gasteiger partial charge in [-0.1, -0.05) is 32.6 Å². The predicted molar refractivity (Wildman–Crippen MR) is 62.4 cm³/mol. The van der Waals surface area contributed by atoms with E-state index in [-0.39, 0.29) is 5.97 Å². The van der Waals surface area contributed by atoms with E-state index in [1.54, 1.807) is 0 Å².